The lowest BCUT2D eigenvalue weighted by Crippen LogP contribution is -3.00. The van der Waals surface area contributed by atoms with E-state index in [-0.39, 0.29) is 34.9 Å². The molecule has 1 amide bonds. The van der Waals surface area contributed by atoms with Crippen LogP contribution in [0.25, 0.3) is 0 Å². The highest BCUT2D eigenvalue weighted by Gasteiger charge is 2.23. The fourth-order valence-corrected chi connectivity index (χ4v) is 5.13. The van der Waals surface area contributed by atoms with Crippen molar-refractivity contribution in [3.8, 4) is 0 Å². The second kappa shape index (κ2) is 11.7. The van der Waals surface area contributed by atoms with Crippen LogP contribution >= 0.6 is 11.6 Å². The molecule has 0 radical (unpaired) electrons. The average molecular weight is 519 g/mol. The van der Waals surface area contributed by atoms with Crippen molar-refractivity contribution < 1.29 is 25.6 Å². The Labute approximate surface area is 211 Å². The van der Waals surface area contributed by atoms with Crippen LogP contribution < -0.4 is 22.4 Å². The molecule has 6 nitrogen and oxygen atoms in total. The summed E-state index contributed by atoms with van der Waals surface area (Å²) in [4.78, 5) is 15.5. The molecule has 1 saturated heterocycles. The lowest BCUT2D eigenvalue weighted by molar-refractivity contribution is -0.0000179. The van der Waals surface area contributed by atoms with Gasteiger partial charge in [0.25, 0.3) is 15.9 Å². The first-order valence-corrected chi connectivity index (χ1v) is 12.7. The number of nitrogens with one attached hydrogen (secondary N) is 2. The highest BCUT2D eigenvalue weighted by molar-refractivity contribution is 7.92. The molecule has 1 aliphatic rings. The predicted octanol–water partition coefficient (Wildman–Crippen LogP) is 1.54. The monoisotopic (exact) mass is 518 g/mol. The van der Waals surface area contributed by atoms with Crippen LogP contribution in [0.15, 0.2) is 83.8 Å². The number of halogens is 2. The Morgan fingerprint density at radius 3 is 2.21 bits per heavy atom. The second-order valence-corrected chi connectivity index (χ2v) is 10.2. The summed E-state index contributed by atoms with van der Waals surface area (Å²) < 4.78 is 28.1. The Morgan fingerprint density at radius 2 is 1.53 bits per heavy atom. The standard InChI is InChI=1S/C25H26ClN3O3S.ClH/c26-20-10-12-22(13-11-20)33(31,32)28-24-9-5-4-8-23(24)25(30)27-21-14-16-29(17-15-21)18-19-6-2-1-3-7-19;/h1-13,21,28H,14-18H2,(H,27,30);1H/p-1. The van der Waals surface area contributed by atoms with E-state index in [1.807, 2.05) is 18.2 Å². The lowest BCUT2D eigenvalue weighted by Gasteiger charge is -2.32. The van der Waals surface area contributed by atoms with Gasteiger partial charge in [0.15, 0.2) is 0 Å². The first-order valence-electron chi connectivity index (χ1n) is 10.9. The van der Waals surface area contributed by atoms with E-state index in [4.69, 9.17) is 11.6 Å². The molecule has 180 valence electrons. The van der Waals surface area contributed by atoms with Gasteiger partial charge in [-0.3, -0.25) is 14.4 Å². The number of rotatable bonds is 7. The molecule has 1 aliphatic heterocycles. The van der Waals surface area contributed by atoms with E-state index >= 15 is 0 Å². The maximum Gasteiger partial charge on any atom is 0.261 e. The molecule has 3 aromatic carbocycles. The number of anilines is 1. The maximum absolute atomic E-state index is 13.0. The van der Waals surface area contributed by atoms with Crippen molar-refractivity contribution in [2.24, 2.45) is 0 Å². The van der Waals surface area contributed by atoms with Crippen molar-refractivity contribution in [2.45, 2.75) is 30.3 Å². The quantitative estimate of drug-likeness (QED) is 0.497. The number of hydrogen-bond donors (Lipinski definition) is 2. The van der Waals surface area contributed by atoms with Crippen LogP contribution in [-0.2, 0) is 16.6 Å². The number of piperidine rings is 1. The summed E-state index contributed by atoms with van der Waals surface area (Å²) in [6.07, 6.45) is 1.69. The van der Waals surface area contributed by atoms with E-state index in [1.165, 1.54) is 29.8 Å². The Balaban J connectivity index is 0.00000324. The van der Waals surface area contributed by atoms with Gasteiger partial charge in [0.05, 0.1) is 16.1 Å². The highest BCUT2D eigenvalue weighted by Crippen LogP contribution is 2.22. The van der Waals surface area contributed by atoms with Crippen molar-refractivity contribution in [1.82, 2.24) is 10.2 Å². The number of nitrogens with zero attached hydrogens (tertiary/aromatic N) is 1. The zero-order valence-corrected chi connectivity index (χ0v) is 20.8. The number of benzene rings is 3. The molecule has 0 unspecified atom stereocenters. The summed E-state index contributed by atoms with van der Waals surface area (Å²) in [5, 5.41) is 3.52. The molecule has 1 fully saturated rings. The van der Waals surface area contributed by atoms with Gasteiger partial charge in [-0.05, 0) is 54.8 Å². The molecule has 34 heavy (non-hydrogen) atoms. The van der Waals surface area contributed by atoms with Crippen molar-refractivity contribution in [3.63, 3.8) is 0 Å². The minimum atomic E-state index is -3.85. The minimum absolute atomic E-state index is 0. The molecule has 0 aromatic heterocycles. The van der Waals surface area contributed by atoms with Gasteiger partial charge in [0.2, 0.25) is 0 Å². The average Bonchev–Trinajstić information content (AvgIpc) is 2.81. The van der Waals surface area contributed by atoms with Crippen molar-refractivity contribution in [2.75, 3.05) is 17.8 Å². The van der Waals surface area contributed by atoms with Gasteiger partial charge in [0.1, 0.15) is 0 Å². The zero-order chi connectivity index (χ0) is 23.3. The molecule has 4 rings (SSSR count). The van der Waals surface area contributed by atoms with Crippen LogP contribution in [0.1, 0.15) is 28.8 Å². The van der Waals surface area contributed by atoms with Gasteiger partial charge in [-0.2, -0.15) is 0 Å². The van der Waals surface area contributed by atoms with Crippen LogP contribution in [-0.4, -0.2) is 38.4 Å². The Hall–Kier alpha value is -2.58. The van der Waals surface area contributed by atoms with E-state index in [1.54, 1.807) is 24.3 Å². The highest BCUT2D eigenvalue weighted by atomic mass is 35.5. The first kappa shape index (κ1) is 26.0. The van der Waals surface area contributed by atoms with Gasteiger partial charge in [0, 0.05) is 30.7 Å². The third-order valence-corrected chi connectivity index (χ3v) is 7.35. The number of sulfonamides is 1. The molecule has 0 spiro atoms. The van der Waals surface area contributed by atoms with Crippen molar-refractivity contribution in [1.29, 1.82) is 0 Å². The fourth-order valence-electron chi connectivity index (χ4n) is 3.93. The number of amides is 1. The summed E-state index contributed by atoms with van der Waals surface area (Å²) >= 11 is 5.86. The first-order chi connectivity index (χ1) is 15.9. The Kier molecular flexibility index (Phi) is 8.97. The number of likely N-dealkylation sites (tertiary alicyclic amines) is 1. The van der Waals surface area contributed by atoms with Crippen LogP contribution in [0, 0.1) is 0 Å². The smallest absolute Gasteiger partial charge is 0.261 e. The number of hydrogen-bond acceptors (Lipinski definition) is 4. The van der Waals surface area contributed by atoms with E-state index in [2.05, 4.69) is 27.1 Å². The maximum atomic E-state index is 13.0. The van der Waals surface area contributed by atoms with Crippen molar-refractivity contribution in [3.05, 3.63) is 95.0 Å². The number of carbonyl (C=O) groups is 1. The molecular weight excluding hydrogens is 493 g/mol. The van der Waals surface area contributed by atoms with Crippen molar-refractivity contribution >= 4 is 33.2 Å². The normalized spacial score (nSPS) is 14.7. The van der Waals surface area contributed by atoms with Crippen LogP contribution in [0.3, 0.4) is 0 Å². The van der Waals surface area contributed by atoms with Crippen LogP contribution in [0.5, 0.6) is 0 Å². The van der Waals surface area contributed by atoms with Gasteiger partial charge in [-0.25, -0.2) is 8.42 Å². The minimum Gasteiger partial charge on any atom is -1.00 e. The summed E-state index contributed by atoms with van der Waals surface area (Å²) in [5.41, 5.74) is 1.81. The van der Waals surface area contributed by atoms with E-state index in [0.717, 1.165) is 32.5 Å². The van der Waals surface area contributed by atoms with E-state index in [9.17, 15) is 13.2 Å². The Morgan fingerprint density at radius 1 is 0.912 bits per heavy atom. The lowest BCUT2D eigenvalue weighted by atomic mass is 10.0. The summed E-state index contributed by atoms with van der Waals surface area (Å²) in [7, 11) is -3.85. The molecular formula is C25H26Cl2N3O3S-. The third-order valence-electron chi connectivity index (χ3n) is 5.71. The topological polar surface area (TPSA) is 78.5 Å². The van der Waals surface area contributed by atoms with Crippen LogP contribution in [0.4, 0.5) is 5.69 Å². The third kappa shape index (κ3) is 6.73. The molecule has 3 aromatic rings. The summed E-state index contributed by atoms with van der Waals surface area (Å²) in [5.74, 6) is -0.286. The van der Waals surface area contributed by atoms with Gasteiger partial charge < -0.3 is 17.7 Å². The molecule has 1 heterocycles. The van der Waals surface area contributed by atoms with Gasteiger partial charge >= 0.3 is 0 Å². The molecule has 0 atom stereocenters. The van der Waals surface area contributed by atoms with E-state index < -0.39 is 10.0 Å². The number of carbonyl (C=O) groups excluding carboxylic acids is 1. The van der Waals surface area contributed by atoms with Crippen LogP contribution in [0.2, 0.25) is 5.02 Å². The summed E-state index contributed by atoms with van der Waals surface area (Å²) in [6.45, 7) is 2.69. The predicted molar refractivity (Wildman–Crippen MR) is 131 cm³/mol. The summed E-state index contributed by atoms with van der Waals surface area (Å²) in [6, 6.07) is 22.9. The Bertz CT molecular complexity index is 1200. The molecule has 0 saturated carbocycles. The second-order valence-electron chi connectivity index (χ2n) is 8.11. The van der Waals surface area contributed by atoms with E-state index in [0.29, 0.717) is 10.6 Å². The molecule has 0 bridgehead atoms. The largest absolute Gasteiger partial charge is 1.00 e. The van der Waals surface area contributed by atoms with Gasteiger partial charge in [-0.1, -0.05) is 54.1 Å². The van der Waals surface area contributed by atoms with Gasteiger partial charge in [-0.15, -0.1) is 0 Å². The number of para-hydroxylation sites is 1. The zero-order valence-electron chi connectivity index (χ0n) is 18.5. The fraction of sp³-hybridized carbons (Fsp3) is 0.240. The molecule has 9 heteroatoms. The molecule has 2 N–H and O–H groups in total. The molecule has 0 aliphatic carbocycles. The SMILES string of the molecule is O=C(NC1CCN(Cc2ccccc2)CC1)c1ccccc1NS(=O)(=O)c1ccc(Cl)cc1.[Cl-].